The Morgan fingerprint density at radius 3 is 2.16 bits per heavy atom. The van der Waals surface area contributed by atoms with Crippen molar-refractivity contribution in [1.29, 1.82) is 0 Å². The van der Waals surface area contributed by atoms with E-state index in [4.69, 9.17) is 4.74 Å². The summed E-state index contributed by atoms with van der Waals surface area (Å²) in [7, 11) is 0. The Hall–Kier alpha value is -2.61. The number of benzene rings is 2. The molecule has 0 aliphatic heterocycles. The van der Waals surface area contributed by atoms with Crippen molar-refractivity contribution < 1.29 is 9.53 Å². The van der Waals surface area contributed by atoms with Gasteiger partial charge in [-0.3, -0.25) is 0 Å². The Balaban J connectivity index is 1.95. The van der Waals surface area contributed by atoms with Crippen LogP contribution in [0.4, 0.5) is 0 Å². The predicted molar refractivity (Wildman–Crippen MR) is 77.0 cm³/mol. The topological polar surface area (TPSA) is 26.3 Å². The van der Waals surface area contributed by atoms with Crippen LogP contribution in [-0.4, -0.2) is 5.97 Å². The van der Waals surface area contributed by atoms with Gasteiger partial charge in [-0.05, 0) is 17.2 Å². The van der Waals surface area contributed by atoms with Gasteiger partial charge in [-0.2, -0.15) is 0 Å². The first-order valence-electron chi connectivity index (χ1n) is 5.94. The molecule has 0 unspecified atom stereocenters. The van der Waals surface area contributed by atoms with Crippen LogP contribution in [0.1, 0.15) is 11.1 Å². The van der Waals surface area contributed by atoms with Crippen molar-refractivity contribution in [3.8, 4) is 0 Å². The van der Waals surface area contributed by atoms with E-state index in [9.17, 15) is 4.79 Å². The average molecular weight is 250 g/mol. The van der Waals surface area contributed by atoms with Crippen molar-refractivity contribution >= 4 is 17.6 Å². The molecule has 0 bridgehead atoms. The molecule has 0 fully saturated rings. The van der Waals surface area contributed by atoms with Crippen molar-refractivity contribution in [3.05, 3.63) is 84.6 Å². The van der Waals surface area contributed by atoms with Gasteiger partial charge in [0.1, 0.15) is 0 Å². The largest absolute Gasteiger partial charge is 0.431 e. The summed E-state index contributed by atoms with van der Waals surface area (Å²) in [5.74, 6) is -0.446. The van der Waals surface area contributed by atoms with Gasteiger partial charge in [0.25, 0.3) is 0 Å². The first-order chi connectivity index (χ1) is 9.27. The SMILES string of the molecule is C=C(C(=O)OC=Cc1ccccc1)c1ccccc1. The lowest BCUT2D eigenvalue weighted by atomic mass is 10.1. The Bertz CT molecular complexity index is 583. The minimum atomic E-state index is -0.446. The molecule has 0 amide bonds. The normalized spacial score (nSPS) is 10.3. The molecule has 2 heteroatoms. The molecule has 2 aromatic carbocycles. The van der Waals surface area contributed by atoms with Gasteiger partial charge in [-0.25, -0.2) is 4.79 Å². The summed E-state index contributed by atoms with van der Waals surface area (Å²) in [4.78, 5) is 11.8. The zero-order chi connectivity index (χ0) is 13.5. The van der Waals surface area contributed by atoms with Crippen LogP contribution in [0.2, 0.25) is 0 Å². The molecule has 0 N–H and O–H groups in total. The highest BCUT2D eigenvalue weighted by atomic mass is 16.5. The highest BCUT2D eigenvalue weighted by Gasteiger charge is 2.08. The van der Waals surface area contributed by atoms with E-state index in [2.05, 4.69) is 6.58 Å². The Morgan fingerprint density at radius 2 is 1.53 bits per heavy atom. The van der Waals surface area contributed by atoms with Crippen LogP contribution < -0.4 is 0 Å². The summed E-state index contributed by atoms with van der Waals surface area (Å²) >= 11 is 0. The van der Waals surface area contributed by atoms with E-state index in [0.717, 1.165) is 11.1 Å². The van der Waals surface area contributed by atoms with Gasteiger partial charge in [0, 0.05) is 0 Å². The minimum absolute atomic E-state index is 0.346. The second kappa shape index (κ2) is 6.36. The third-order valence-corrected chi connectivity index (χ3v) is 2.60. The van der Waals surface area contributed by atoms with Crippen molar-refractivity contribution in [1.82, 2.24) is 0 Å². The van der Waals surface area contributed by atoms with Gasteiger partial charge in [0.15, 0.2) is 0 Å². The zero-order valence-electron chi connectivity index (χ0n) is 10.5. The van der Waals surface area contributed by atoms with E-state index >= 15 is 0 Å². The molecule has 94 valence electrons. The third-order valence-electron chi connectivity index (χ3n) is 2.60. The first kappa shape index (κ1) is 12.8. The maximum Gasteiger partial charge on any atom is 0.342 e. The maximum absolute atomic E-state index is 11.8. The van der Waals surface area contributed by atoms with Crippen LogP contribution in [0.25, 0.3) is 11.6 Å². The number of hydrogen-bond acceptors (Lipinski definition) is 2. The van der Waals surface area contributed by atoms with Gasteiger partial charge in [0.2, 0.25) is 0 Å². The van der Waals surface area contributed by atoms with Crippen molar-refractivity contribution in [2.75, 3.05) is 0 Å². The van der Waals surface area contributed by atoms with Crippen LogP contribution >= 0.6 is 0 Å². The Kier molecular flexibility index (Phi) is 4.29. The van der Waals surface area contributed by atoms with Gasteiger partial charge in [-0.15, -0.1) is 0 Å². The van der Waals surface area contributed by atoms with Crippen LogP contribution in [0.5, 0.6) is 0 Å². The lowest BCUT2D eigenvalue weighted by Crippen LogP contribution is -2.01. The second-order valence-corrected chi connectivity index (χ2v) is 3.96. The highest BCUT2D eigenvalue weighted by molar-refractivity contribution is 6.15. The molecule has 0 atom stereocenters. The maximum atomic E-state index is 11.8. The molecule has 19 heavy (non-hydrogen) atoms. The molecule has 0 aromatic heterocycles. The Morgan fingerprint density at radius 1 is 0.947 bits per heavy atom. The number of rotatable bonds is 4. The van der Waals surface area contributed by atoms with Crippen molar-refractivity contribution in [3.63, 3.8) is 0 Å². The standard InChI is InChI=1S/C17H14O2/c1-14(16-10-6-3-7-11-16)17(18)19-13-12-15-8-4-2-5-9-15/h2-13H,1H2. The van der Waals surface area contributed by atoms with Crippen LogP contribution in [0.15, 0.2) is 73.5 Å². The summed E-state index contributed by atoms with van der Waals surface area (Å²) in [6, 6.07) is 18.9. The van der Waals surface area contributed by atoms with Gasteiger partial charge >= 0.3 is 5.97 Å². The fourth-order valence-electron chi connectivity index (χ4n) is 1.57. The van der Waals surface area contributed by atoms with Crippen molar-refractivity contribution in [2.45, 2.75) is 0 Å². The quantitative estimate of drug-likeness (QED) is 0.467. The second-order valence-electron chi connectivity index (χ2n) is 3.96. The molecule has 0 radical (unpaired) electrons. The molecular formula is C17H14O2. The minimum Gasteiger partial charge on any atom is -0.431 e. The molecule has 0 heterocycles. The molecule has 0 spiro atoms. The number of ether oxygens (including phenoxy) is 1. The molecule has 0 saturated heterocycles. The third kappa shape index (κ3) is 3.68. The van der Waals surface area contributed by atoms with Crippen LogP contribution in [-0.2, 0) is 9.53 Å². The molecule has 0 saturated carbocycles. The van der Waals surface area contributed by atoms with Gasteiger partial charge in [0.05, 0.1) is 11.8 Å². The van der Waals surface area contributed by atoms with Crippen LogP contribution in [0.3, 0.4) is 0 Å². The van der Waals surface area contributed by atoms with E-state index in [0.29, 0.717) is 5.57 Å². The first-order valence-corrected chi connectivity index (χ1v) is 5.94. The molecule has 2 aromatic rings. The zero-order valence-corrected chi connectivity index (χ0v) is 10.5. The smallest absolute Gasteiger partial charge is 0.342 e. The fourth-order valence-corrected chi connectivity index (χ4v) is 1.57. The lowest BCUT2D eigenvalue weighted by Gasteiger charge is -2.03. The van der Waals surface area contributed by atoms with Gasteiger partial charge in [-0.1, -0.05) is 67.2 Å². The molecule has 0 aliphatic carbocycles. The van der Waals surface area contributed by atoms with Gasteiger partial charge < -0.3 is 4.74 Å². The number of esters is 1. The fraction of sp³-hybridized carbons (Fsp3) is 0. The molecular weight excluding hydrogens is 236 g/mol. The Labute approximate surface area is 112 Å². The number of carbonyl (C=O) groups is 1. The van der Waals surface area contributed by atoms with E-state index in [1.165, 1.54) is 6.26 Å². The molecule has 0 aliphatic rings. The lowest BCUT2D eigenvalue weighted by molar-refractivity contribution is -0.131. The van der Waals surface area contributed by atoms with E-state index in [1.54, 1.807) is 6.08 Å². The summed E-state index contributed by atoms with van der Waals surface area (Å²) in [6.07, 6.45) is 3.11. The summed E-state index contributed by atoms with van der Waals surface area (Å²) in [5, 5.41) is 0. The average Bonchev–Trinajstić information content (AvgIpc) is 2.48. The highest BCUT2D eigenvalue weighted by Crippen LogP contribution is 2.13. The number of carbonyl (C=O) groups excluding carboxylic acids is 1. The summed E-state index contributed by atoms with van der Waals surface area (Å²) in [5.41, 5.74) is 2.08. The van der Waals surface area contributed by atoms with E-state index in [1.807, 2.05) is 60.7 Å². The van der Waals surface area contributed by atoms with E-state index in [-0.39, 0.29) is 0 Å². The molecule has 2 rings (SSSR count). The summed E-state index contributed by atoms with van der Waals surface area (Å²) < 4.78 is 5.04. The predicted octanol–water partition coefficient (Wildman–Crippen LogP) is 3.91. The molecule has 2 nitrogen and oxygen atoms in total. The van der Waals surface area contributed by atoms with Crippen LogP contribution in [0, 0.1) is 0 Å². The number of hydrogen-bond donors (Lipinski definition) is 0. The summed E-state index contributed by atoms with van der Waals surface area (Å²) in [6.45, 7) is 3.74. The van der Waals surface area contributed by atoms with E-state index < -0.39 is 5.97 Å². The monoisotopic (exact) mass is 250 g/mol. The van der Waals surface area contributed by atoms with Crippen molar-refractivity contribution in [2.24, 2.45) is 0 Å².